The van der Waals surface area contributed by atoms with Crippen LogP contribution < -0.4 is 0 Å². The molecule has 5 nitrogen and oxygen atoms in total. The Labute approximate surface area is 132 Å². The molecule has 1 aromatic rings. The number of carbonyl (C=O) groups is 1. The van der Waals surface area contributed by atoms with Crippen molar-refractivity contribution in [3.05, 3.63) is 21.9 Å². The molecule has 1 amide bonds. The number of amides is 1. The number of hydrogen-bond acceptors (Lipinski definition) is 6. The van der Waals surface area contributed by atoms with Crippen molar-refractivity contribution >= 4 is 38.8 Å². The Morgan fingerprint density at radius 1 is 1.52 bits per heavy atom. The quantitative estimate of drug-likeness (QED) is 0.797. The van der Waals surface area contributed by atoms with Crippen LogP contribution in [0.2, 0.25) is 0 Å². The average Bonchev–Trinajstić information content (AvgIpc) is 2.92. The molecule has 21 heavy (non-hydrogen) atoms. The van der Waals surface area contributed by atoms with Crippen molar-refractivity contribution in [1.82, 2.24) is 4.90 Å². The van der Waals surface area contributed by atoms with Crippen molar-refractivity contribution in [2.75, 3.05) is 30.9 Å². The van der Waals surface area contributed by atoms with E-state index in [0.29, 0.717) is 22.1 Å². The molecule has 8 heteroatoms. The third-order valence-electron chi connectivity index (χ3n) is 2.95. The lowest BCUT2D eigenvalue weighted by Crippen LogP contribution is -2.49. The molecule has 0 saturated carbocycles. The third kappa shape index (κ3) is 4.01. The number of rotatable bonds is 2. The van der Waals surface area contributed by atoms with E-state index in [1.165, 1.54) is 16.2 Å². The molecule has 0 spiro atoms. The van der Waals surface area contributed by atoms with E-state index >= 15 is 0 Å². The molecule has 0 aromatic carbocycles. The Bertz CT molecular complexity index is 684. The van der Waals surface area contributed by atoms with Crippen LogP contribution >= 0.6 is 23.1 Å². The van der Waals surface area contributed by atoms with E-state index in [2.05, 4.69) is 11.8 Å². The molecule has 1 aliphatic rings. The van der Waals surface area contributed by atoms with E-state index in [1.54, 1.807) is 23.9 Å². The van der Waals surface area contributed by atoms with E-state index in [1.807, 2.05) is 0 Å². The molecule has 1 atom stereocenters. The molecule has 1 saturated heterocycles. The minimum absolute atomic E-state index is 0.235. The first-order valence-corrected chi connectivity index (χ1v) is 10.1. The summed E-state index contributed by atoms with van der Waals surface area (Å²) in [5.41, 5.74) is 0. The molecular formula is C13H15NO4S3. The van der Waals surface area contributed by atoms with Gasteiger partial charge in [-0.2, -0.15) is 11.8 Å². The van der Waals surface area contributed by atoms with Gasteiger partial charge in [-0.25, -0.2) is 8.42 Å². The highest BCUT2D eigenvalue weighted by Crippen LogP contribution is 2.25. The SMILES string of the molecule is CS(=O)(=O)C1CSCCN1C(=O)c1ccc(C#CCO)s1. The van der Waals surface area contributed by atoms with E-state index in [4.69, 9.17) is 5.11 Å². The number of sulfone groups is 1. The number of hydrogen-bond donors (Lipinski definition) is 1. The number of nitrogens with zero attached hydrogens (tertiary/aromatic N) is 1. The Kier molecular flexibility index (Phi) is 5.32. The normalized spacial score (nSPS) is 19.0. The predicted octanol–water partition coefficient (Wildman–Crippen LogP) is 0.652. The summed E-state index contributed by atoms with van der Waals surface area (Å²) in [5.74, 6) is 6.14. The highest BCUT2D eigenvalue weighted by atomic mass is 32.2. The van der Waals surface area contributed by atoms with Crippen LogP contribution in [0.1, 0.15) is 14.5 Å². The minimum Gasteiger partial charge on any atom is -0.384 e. The fourth-order valence-corrected chi connectivity index (χ4v) is 5.61. The Morgan fingerprint density at radius 2 is 2.29 bits per heavy atom. The summed E-state index contributed by atoms with van der Waals surface area (Å²) >= 11 is 2.75. The molecule has 1 aliphatic heterocycles. The number of thioether (sulfide) groups is 1. The minimum atomic E-state index is -3.31. The van der Waals surface area contributed by atoms with Crippen molar-refractivity contribution in [2.24, 2.45) is 0 Å². The van der Waals surface area contributed by atoms with Gasteiger partial charge in [-0.15, -0.1) is 11.3 Å². The zero-order valence-electron chi connectivity index (χ0n) is 11.4. The van der Waals surface area contributed by atoms with Gasteiger partial charge < -0.3 is 10.0 Å². The average molecular weight is 345 g/mol. The molecule has 114 valence electrons. The summed E-state index contributed by atoms with van der Waals surface area (Å²) in [6.07, 6.45) is 1.16. The van der Waals surface area contributed by atoms with E-state index in [-0.39, 0.29) is 12.5 Å². The maximum absolute atomic E-state index is 12.5. The van der Waals surface area contributed by atoms with Crippen molar-refractivity contribution < 1.29 is 18.3 Å². The van der Waals surface area contributed by atoms with Crippen LogP contribution in [0.5, 0.6) is 0 Å². The fourth-order valence-electron chi connectivity index (χ4n) is 1.96. The van der Waals surface area contributed by atoms with Gasteiger partial charge in [0, 0.05) is 24.3 Å². The van der Waals surface area contributed by atoms with Crippen LogP contribution in [0.25, 0.3) is 0 Å². The lowest BCUT2D eigenvalue weighted by molar-refractivity contribution is 0.0754. The lowest BCUT2D eigenvalue weighted by Gasteiger charge is -2.33. The first kappa shape index (κ1) is 16.4. The van der Waals surface area contributed by atoms with Gasteiger partial charge in [-0.1, -0.05) is 11.8 Å². The maximum Gasteiger partial charge on any atom is 0.265 e. The fraction of sp³-hybridized carbons (Fsp3) is 0.462. The molecule has 0 aliphatic carbocycles. The Hall–Kier alpha value is -1.01. The first-order chi connectivity index (χ1) is 9.93. The summed E-state index contributed by atoms with van der Waals surface area (Å²) in [4.78, 5) is 15.1. The Morgan fingerprint density at radius 3 is 2.95 bits per heavy atom. The summed E-state index contributed by atoms with van der Waals surface area (Å²) in [6, 6.07) is 3.35. The van der Waals surface area contributed by atoms with Crippen LogP contribution in [-0.2, 0) is 9.84 Å². The summed E-state index contributed by atoms with van der Waals surface area (Å²) in [5, 5.41) is 7.89. The van der Waals surface area contributed by atoms with Gasteiger partial charge in [0.1, 0.15) is 12.0 Å². The second-order valence-electron chi connectivity index (χ2n) is 4.48. The Balaban J connectivity index is 2.23. The van der Waals surface area contributed by atoms with Gasteiger partial charge in [0.2, 0.25) is 0 Å². The van der Waals surface area contributed by atoms with Crippen LogP contribution in [0.15, 0.2) is 12.1 Å². The van der Waals surface area contributed by atoms with Gasteiger partial charge in [0.05, 0.1) is 9.75 Å². The molecule has 2 rings (SSSR count). The second-order valence-corrected chi connectivity index (χ2v) is 8.92. The van der Waals surface area contributed by atoms with E-state index < -0.39 is 15.2 Å². The number of thiophene rings is 1. The largest absolute Gasteiger partial charge is 0.384 e. The summed E-state index contributed by atoms with van der Waals surface area (Å²) in [7, 11) is -3.31. The summed E-state index contributed by atoms with van der Waals surface area (Å²) < 4.78 is 23.7. The highest BCUT2D eigenvalue weighted by molar-refractivity contribution is 8.00. The van der Waals surface area contributed by atoms with E-state index in [9.17, 15) is 13.2 Å². The van der Waals surface area contributed by atoms with Crippen LogP contribution in [0.4, 0.5) is 0 Å². The molecule has 1 N–H and O–H groups in total. The number of carbonyl (C=O) groups excluding carboxylic acids is 1. The molecular weight excluding hydrogens is 330 g/mol. The topological polar surface area (TPSA) is 74.7 Å². The predicted molar refractivity (Wildman–Crippen MR) is 85.3 cm³/mol. The van der Waals surface area contributed by atoms with Crippen LogP contribution in [0.3, 0.4) is 0 Å². The van der Waals surface area contributed by atoms with Crippen molar-refractivity contribution in [2.45, 2.75) is 5.37 Å². The molecule has 1 fully saturated rings. The van der Waals surface area contributed by atoms with Gasteiger partial charge in [0.25, 0.3) is 5.91 Å². The zero-order valence-corrected chi connectivity index (χ0v) is 13.9. The van der Waals surface area contributed by atoms with Crippen molar-refractivity contribution in [1.29, 1.82) is 0 Å². The van der Waals surface area contributed by atoms with Gasteiger partial charge in [-0.3, -0.25) is 4.79 Å². The number of aliphatic hydroxyl groups is 1. The van der Waals surface area contributed by atoms with Gasteiger partial charge >= 0.3 is 0 Å². The zero-order chi connectivity index (χ0) is 15.5. The third-order valence-corrected chi connectivity index (χ3v) is 6.58. The monoisotopic (exact) mass is 345 g/mol. The van der Waals surface area contributed by atoms with Crippen molar-refractivity contribution in [3.63, 3.8) is 0 Å². The molecule has 2 heterocycles. The van der Waals surface area contributed by atoms with Gasteiger partial charge in [0.15, 0.2) is 9.84 Å². The maximum atomic E-state index is 12.5. The number of aliphatic hydroxyl groups excluding tert-OH is 1. The smallest absolute Gasteiger partial charge is 0.265 e. The van der Waals surface area contributed by atoms with Crippen molar-refractivity contribution in [3.8, 4) is 11.8 Å². The molecule has 1 unspecified atom stereocenters. The molecule has 0 radical (unpaired) electrons. The van der Waals surface area contributed by atoms with E-state index in [0.717, 1.165) is 12.0 Å². The lowest BCUT2D eigenvalue weighted by atomic mass is 10.3. The van der Waals surface area contributed by atoms with Crippen LogP contribution in [-0.4, -0.2) is 60.6 Å². The van der Waals surface area contributed by atoms with Gasteiger partial charge in [-0.05, 0) is 12.1 Å². The molecule has 0 bridgehead atoms. The molecule has 1 aromatic heterocycles. The van der Waals surface area contributed by atoms with Crippen LogP contribution in [0, 0.1) is 11.8 Å². The second kappa shape index (κ2) is 6.83. The summed E-state index contributed by atoms with van der Waals surface area (Å²) in [6.45, 7) is 0.192. The standard InChI is InChI=1S/C13H15NO4S3/c1-21(17,18)12-9-19-8-6-14(12)13(16)11-5-4-10(20-11)3-2-7-15/h4-5,12,15H,6-9H2,1H3. The highest BCUT2D eigenvalue weighted by Gasteiger charge is 2.35. The first-order valence-electron chi connectivity index (χ1n) is 6.20.